The predicted octanol–water partition coefficient (Wildman–Crippen LogP) is 2.91. The monoisotopic (exact) mass is 446 g/mol. The van der Waals surface area contributed by atoms with Gasteiger partial charge in [-0.25, -0.2) is 4.98 Å². The van der Waals surface area contributed by atoms with Gasteiger partial charge in [-0.15, -0.1) is 5.10 Å². The van der Waals surface area contributed by atoms with Crippen molar-refractivity contribution in [2.45, 2.75) is 32.4 Å². The number of ether oxygens (including phenoxy) is 1. The smallest absolute Gasteiger partial charge is 0.154 e. The number of likely N-dealkylation sites (N-methyl/N-ethyl adjacent to an activating group) is 1. The molecule has 1 fully saturated rings. The van der Waals surface area contributed by atoms with Gasteiger partial charge in [0, 0.05) is 38.4 Å². The molecule has 2 N–H and O–H groups in total. The maximum absolute atomic E-state index is 5.81. The molecule has 33 heavy (non-hydrogen) atoms. The SMILES string of the molecule is CC(C)c1cnnc(Nc2ccc3c(n2)C=C(c2cnn(CCOC4CNC4)c2)CN3C)c1. The summed E-state index contributed by atoms with van der Waals surface area (Å²) in [6.45, 7) is 8.40. The third-order valence-corrected chi connectivity index (χ3v) is 6.05. The molecule has 0 unspecified atom stereocenters. The molecule has 3 aromatic rings. The molecule has 0 saturated carbocycles. The molecule has 5 rings (SSSR count). The van der Waals surface area contributed by atoms with Gasteiger partial charge in [0.05, 0.1) is 43.0 Å². The van der Waals surface area contributed by atoms with Gasteiger partial charge in [-0.1, -0.05) is 13.8 Å². The Morgan fingerprint density at radius 3 is 2.88 bits per heavy atom. The molecule has 2 aliphatic heterocycles. The molecule has 9 nitrogen and oxygen atoms in total. The second-order valence-electron chi connectivity index (χ2n) is 8.92. The quantitative estimate of drug-likeness (QED) is 0.546. The molecule has 0 aromatic carbocycles. The van der Waals surface area contributed by atoms with Gasteiger partial charge in [-0.05, 0) is 41.3 Å². The Labute approximate surface area is 193 Å². The fraction of sp³-hybridized carbons (Fsp3) is 0.417. The highest BCUT2D eigenvalue weighted by molar-refractivity contribution is 5.90. The highest BCUT2D eigenvalue weighted by Gasteiger charge is 2.20. The lowest BCUT2D eigenvalue weighted by atomic mass is 10.0. The molecule has 0 spiro atoms. The summed E-state index contributed by atoms with van der Waals surface area (Å²) >= 11 is 0. The minimum atomic E-state index is 0.346. The number of fused-ring (bicyclic) bond motifs is 1. The summed E-state index contributed by atoms with van der Waals surface area (Å²) in [7, 11) is 2.09. The summed E-state index contributed by atoms with van der Waals surface area (Å²) in [5.41, 5.74) is 5.45. The average Bonchev–Trinajstić information content (AvgIpc) is 3.24. The van der Waals surface area contributed by atoms with Gasteiger partial charge < -0.3 is 20.3 Å². The summed E-state index contributed by atoms with van der Waals surface area (Å²) in [4.78, 5) is 7.06. The zero-order valence-corrected chi connectivity index (χ0v) is 19.3. The number of anilines is 3. The fourth-order valence-electron chi connectivity index (χ4n) is 3.93. The third kappa shape index (κ3) is 4.89. The maximum atomic E-state index is 5.81. The van der Waals surface area contributed by atoms with Crippen molar-refractivity contribution in [3.63, 3.8) is 0 Å². The van der Waals surface area contributed by atoms with E-state index >= 15 is 0 Å². The third-order valence-electron chi connectivity index (χ3n) is 6.05. The number of rotatable bonds is 8. The van der Waals surface area contributed by atoms with E-state index in [1.54, 1.807) is 6.20 Å². The van der Waals surface area contributed by atoms with Crippen molar-refractivity contribution < 1.29 is 4.74 Å². The largest absolute Gasteiger partial charge is 0.374 e. The van der Waals surface area contributed by atoms with E-state index in [1.807, 2.05) is 23.0 Å². The fourth-order valence-corrected chi connectivity index (χ4v) is 3.93. The lowest BCUT2D eigenvalue weighted by molar-refractivity contribution is 0.0137. The van der Waals surface area contributed by atoms with Crippen molar-refractivity contribution in [2.24, 2.45) is 0 Å². The molecular formula is C24H30N8O. The van der Waals surface area contributed by atoms with Crippen LogP contribution in [0.2, 0.25) is 0 Å². The number of nitrogens with zero attached hydrogens (tertiary/aromatic N) is 6. The van der Waals surface area contributed by atoms with Gasteiger partial charge in [-0.3, -0.25) is 4.68 Å². The number of aromatic nitrogens is 5. The van der Waals surface area contributed by atoms with Crippen LogP contribution in [0.15, 0.2) is 36.8 Å². The van der Waals surface area contributed by atoms with Crippen molar-refractivity contribution in [3.05, 3.63) is 53.6 Å². The average molecular weight is 447 g/mol. The number of pyridine rings is 1. The van der Waals surface area contributed by atoms with Gasteiger partial charge in [0.1, 0.15) is 5.82 Å². The van der Waals surface area contributed by atoms with Gasteiger partial charge in [0.2, 0.25) is 0 Å². The molecule has 0 bridgehead atoms. The summed E-state index contributed by atoms with van der Waals surface area (Å²) in [5.74, 6) is 1.83. The Hall–Kier alpha value is -3.30. The molecule has 2 aliphatic rings. The van der Waals surface area contributed by atoms with E-state index in [-0.39, 0.29) is 0 Å². The number of hydrogen-bond donors (Lipinski definition) is 2. The topological polar surface area (TPSA) is 93.0 Å². The van der Waals surface area contributed by atoms with Crippen LogP contribution < -0.4 is 15.5 Å². The summed E-state index contributed by atoms with van der Waals surface area (Å²) in [6, 6.07) is 6.09. The summed E-state index contributed by atoms with van der Waals surface area (Å²) in [6.07, 6.45) is 8.30. The van der Waals surface area contributed by atoms with Crippen LogP contribution >= 0.6 is 0 Å². The van der Waals surface area contributed by atoms with Crippen molar-refractivity contribution in [2.75, 3.05) is 43.5 Å². The van der Waals surface area contributed by atoms with E-state index in [1.165, 1.54) is 5.57 Å². The van der Waals surface area contributed by atoms with E-state index in [0.717, 1.165) is 54.5 Å². The minimum absolute atomic E-state index is 0.346. The molecule has 0 atom stereocenters. The first-order valence-electron chi connectivity index (χ1n) is 11.4. The molecule has 3 aromatic heterocycles. The van der Waals surface area contributed by atoms with Gasteiger partial charge in [0.25, 0.3) is 0 Å². The van der Waals surface area contributed by atoms with Crippen LogP contribution in [0.25, 0.3) is 11.6 Å². The maximum Gasteiger partial charge on any atom is 0.154 e. The molecule has 0 amide bonds. The van der Waals surface area contributed by atoms with E-state index < -0.39 is 0 Å². The van der Waals surface area contributed by atoms with Gasteiger partial charge in [0.15, 0.2) is 5.82 Å². The van der Waals surface area contributed by atoms with E-state index in [4.69, 9.17) is 9.72 Å². The van der Waals surface area contributed by atoms with E-state index in [2.05, 4.69) is 70.1 Å². The molecule has 172 valence electrons. The summed E-state index contributed by atoms with van der Waals surface area (Å²) < 4.78 is 7.76. The predicted molar refractivity (Wildman–Crippen MR) is 130 cm³/mol. The van der Waals surface area contributed by atoms with Crippen molar-refractivity contribution in [1.29, 1.82) is 0 Å². The van der Waals surface area contributed by atoms with Crippen molar-refractivity contribution >= 4 is 29.0 Å². The molecule has 5 heterocycles. The van der Waals surface area contributed by atoms with Crippen LogP contribution in [0.4, 0.5) is 17.3 Å². The normalized spacial score (nSPS) is 15.9. The standard InChI is InChI=1S/C24H30N8O/c1-16(2)17-9-24(30-26-10-17)29-23-5-4-22-21(28-23)8-18(14-31(22)3)19-11-27-32(15-19)6-7-33-20-12-25-13-20/h4-5,8-11,15-16,20,25H,6-7,12-14H2,1-3H3,(H,28,29,30). The number of hydrogen-bond acceptors (Lipinski definition) is 8. The lowest BCUT2D eigenvalue weighted by Gasteiger charge is -2.27. The van der Waals surface area contributed by atoms with E-state index in [9.17, 15) is 0 Å². The highest BCUT2D eigenvalue weighted by atomic mass is 16.5. The van der Waals surface area contributed by atoms with Crippen LogP contribution in [0.5, 0.6) is 0 Å². The van der Waals surface area contributed by atoms with Gasteiger partial charge >= 0.3 is 0 Å². The molecule has 0 aliphatic carbocycles. The van der Waals surface area contributed by atoms with Crippen molar-refractivity contribution in [3.8, 4) is 0 Å². The zero-order valence-electron chi connectivity index (χ0n) is 19.3. The second kappa shape index (κ2) is 9.29. The molecular weight excluding hydrogens is 416 g/mol. The van der Waals surface area contributed by atoms with Crippen LogP contribution in [-0.2, 0) is 11.3 Å². The summed E-state index contributed by atoms with van der Waals surface area (Å²) in [5, 5.41) is 19.4. The first-order chi connectivity index (χ1) is 16.0. The highest BCUT2D eigenvalue weighted by Crippen LogP contribution is 2.32. The lowest BCUT2D eigenvalue weighted by Crippen LogP contribution is -2.48. The first-order valence-corrected chi connectivity index (χ1v) is 11.4. The molecule has 9 heteroatoms. The van der Waals surface area contributed by atoms with Crippen molar-refractivity contribution in [1.82, 2.24) is 30.3 Å². The molecule has 0 radical (unpaired) electrons. The second-order valence-corrected chi connectivity index (χ2v) is 8.92. The van der Waals surface area contributed by atoms with E-state index in [0.29, 0.717) is 24.4 Å². The van der Waals surface area contributed by atoms with Crippen LogP contribution in [0.1, 0.15) is 36.6 Å². The van der Waals surface area contributed by atoms with Crippen LogP contribution in [0, 0.1) is 0 Å². The Kier molecular flexibility index (Phi) is 6.06. The Balaban J connectivity index is 1.31. The zero-order chi connectivity index (χ0) is 22.8. The van der Waals surface area contributed by atoms with Crippen LogP contribution in [-0.4, -0.2) is 64.4 Å². The Bertz CT molecular complexity index is 1150. The Morgan fingerprint density at radius 2 is 2.09 bits per heavy atom. The molecule has 1 saturated heterocycles. The minimum Gasteiger partial charge on any atom is -0.374 e. The van der Waals surface area contributed by atoms with Gasteiger partial charge in [-0.2, -0.15) is 10.2 Å². The Morgan fingerprint density at radius 1 is 1.21 bits per heavy atom. The number of nitrogens with one attached hydrogen (secondary N) is 2. The van der Waals surface area contributed by atoms with Crippen LogP contribution in [0.3, 0.4) is 0 Å². The first kappa shape index (κ1) is 21.5.